The third-order valence-electron chi connectivity index (χ3n) is 3.22. The molecule has 0 aliphatic carbocycles. The van der Waals surface area contributed by atoms with Crippen LogP contribution in [0.1, 0.15) is 34.6 Å². The number of Topliss-reactive ketones (excluding diaryl/α,β-unsaturated/α-hetero) is 1. The van der Waals surface area contributed by atoms with Crippen LogP contribution in [-0.2, 0) is 14.8 Å². The van der Waals surface area contributed by atoms with Gasteiger partial charge >= 0.3 is 5.97 Å². The highest BCUT2D eigenvalue weighted by atomic mass is 32.2. The van der Waals surface area contributed by atoms with Crippen molar-refractivity contribution in [2.24, 2.45) is 0 Å². The first kappa shape index (κ1) is 17.7. The molecule has 0 radical (unpaired) electrons. The Kier molecular flexibility index (Phi) is 5.35. The number of nitrogens with one attached hydrogen (secondary N) is 1. The first-order valence-corrected chi connectivity index (χ1v) is 8.73. The van der Waals surface area contributed by atoms with Crippen LogP contribution in [0.15, 0.2) is 53.4 Å². The summed E-state index contributed by atoms with van der Waals surface area (Å²) in [5.74, 6) is -0.604. The molecule has 0 aliphatic rings. The predicted octanol–water partition coefficient (Wildman–Crippen LogP) is 2.87. The van der Waals surface area contributed by atoms with Gasteiger partial charge in [0.2, 0.25) is 0 Å². The predicted molar refractivity (Wildman–Crippen MR) is 89.7 cm³/mol. The number of carbonyl (C=O) groups excluding carboxylic acids is 2. The van der Waals surface area contributed by atoms with Crippen LogP contribution in [0.5, 0.6) is 0 Å². The van der Waals surface area contributed by atoms with Crippen molar-refractivity contribution in [1.82, 2.24) is 0 Å². The molecular weight excluding hydrogens is 330 g/mol. The van der Waals surface area contributed by atoms with Crippen molar-refractivity contribution < 1.29 is 22.7 Å². The first-order valence-electron chi connectivity index (χ1n) is 7.24. The molecule has 0 aliphatic heterocycles. The fourth-order valence-corrected chi connectivity index (χ4v) is 3.03. The Hall–Kier alpha value is -2.67. The maximum atomic E-state index is 12.3. The zero-order chi connectivity index (χ0) is 17.7. The SMILES string of the molecule is CCOC(=O)c1ccc(NS(=O)(=O)c2ccc(C(C)=O)cc2)cc1. The summed E-state index contributed by atoms with van der Waals surface area (Å²) in [6, 6.07) is 11.6. The number of rotatable bonds is 6. The number of esters is 1. The largest absolute Gasteiger partial charge is 0.462 e. The molecule has 0 unspecified atom stereocenters. The van der Waals surface area contributed by atoms with E-state index in [1.54, 1.807) is 6.92 Å². The molecular formula is C17H17NO5S. The van der Waals surface area contributed by atoms with Crippen LogP contribution < -0.4 is 4.72 Å². The van der Waals surface area contributed by atoms with Gasteiger partial charge in [0.1, 0.15) is 0 Å². The molecule has 6 nitrogen and oxygen atoms in total. The molecule has 0 bridgehead atoms. The Labute approximate surface area is 140 Å². The third-order valence-corrected chi connectivity index (χ3v) is 4.62. The van der Waals surface area contributed by atoms with Gasteiger partial charge in [-0.2, -0.15) is 0 Å². The Morgan fingerprint density at radius 2 is 1.50 bits per heavy atom. The van der Waals surface area contributed by atoms with Crippen LogP contribution in [0.3, 0.4) is 0 Å². The van der Waals surface area contributed by atoms with E-state index in [1.165, 1.54) is 55.5 Å². The molecule has 0 heterocycles. The van der Waals surface area contributed by atoms with Crippen LogP contribution in [0.25, 0.3) is 0 Å². The van der Waals surface area contributed by atoms with Crippen molar-refractivity contribution in [3.63, 3.8) is 0 Å². The molecule has 1 N–H and O–H groups in total. The summed E-state index contributed by atoms with van der Waals surface area (Å²) in [7, 11) is -3.78. The quantitative estimate of drug-likeness (QED) is 0.641. The van der Waals surface area contributed by atoms with E-state index in [9.17, 15) is 18.0 Å². The summed E-state index contributed by atoms with van der Waals surface area (Å²) >= 11 is 0. The second-order valence-electron chi connectivity index (χ2n) is 4.98. The van der Waals surface area contributed by atoms with Gasteiger partial charge in [-0.1, -0.05) is 12.1 Å². The van der Waals surface area contributed by atoms with Crippen LogP contribution in [0.4, 0.5) is 5.69 Å². The number of benzene rings is 2. The number of ketones is 1. The van der Waals surface area contributed by atoms with Gasteiger partial charge in [-0.25, -0.2) is 13.2 Å². The maximum absolute atomic E-state index is 12.3. The number of hydrogen-bond acceptors (Lipinski definition) is 5. The molecule has 0 spiro atoms. The molecule has 0 fully saturated rings. The average molecular weight is 347 g/mol. The van der Waals surface area contributed by atoms with Gasteiger partial charge in [-0.3, -0.25) is 9.52 Å². The molecule has 7 heteroatoms. The molecule has 2 aromatic carbocycles. The minimum absolute atomic E-state index is 0.0435. The van der Waals surface area contributed by atoms with E-state index in [1.807, 2.05) is 0 Å². The van der Waals surface area contributed by atoms with Crippen molar-refractivity contribution in [3.8, 4) is 0 Å². The fourth-order valence-electron chi connectivity index (χ4n) is 1.97. The van der Waals surface area contributed by atoms with Gasteiger partial charge in [0.05, 0.1) is 17.1 Å². The van der Waals surface area contributed by atoms with Crippen LogP contribution >= 0.6 is 0 Å². The Bertz CT molecular complexity index is 840. The highest BCUT2D eigenvalue weighted by molar-refractivity contribution is 7.92. The van der Waals surface area contributed by atoms with Gasteiger partial charge < -0.3 is 4.74 Å². The normalized spacial score (nSPS) is 10.9. The summed E-state index contributed by atoms with van der Waals surface area (Å²) in [6.45, 7) is 3.38. The summed E-state index contributed by atoms with van der Waals surface area (Å²) < 4.78 is 31.9. The number of carbonyl (C=O) groups is 2. The molecule has 0 atom stereocenters. The first-order chi connectivity index (χ1) is 11.3. The lowest BCUT2D eigenvalue weighted by atomic mass is 10.2. The van der Waals surface area contributed by atoms with Crippen molar-refractivity contribution in [2.75, 3.05) is 11.3 Å². The smallest absolute Gasteiger partial charge is 0.338 e. The number of ether oxygens (including phenoxy) is 1. The van der Waals surface area contributed by atoms with E-state index in [-0.39, 0.29) is 17.3 Å². The van der Waals surface area contributed by atoms with Crippen molar-refractivity contribution in [2.45, 2.75) is 18.7 Å². The summed E-state index contributed by atoms with van der Waals surface area (Å²) in [5, 5.41) is 0. The average Bonchev–Trinajstić information content (AvgIpc) is 2.55. The zero-order valence-electron chi connectivity index (χ0n) is 13.3. The minimum Gasteiger partial charge on any atom is -0.462 e. The lowest BCUT2D eigenvalue weighted by Crippen LogP contribution is -2.13. The molecule has 0 aromatic heterocycles. The van der Waals surface area contributed by atoms with Crippen LogP contribution in [0.2, 0.25) is 0 Å². The molecule has 2 aromatic rings. The Balaban J connectivity index is 2.16. The topological polar surface area (TPSA) is 89.5 Å². The number of hydrogen-bond donors (Lipinski definition) is 1. The van der Waals surface area contributed by atoms with E-state index in [2.05, 4.69) is 4.72 Å². The minimum atomic E-state index is -3.78. The molecule has 0 saturated carbocycles. The second kappa shape index (κ2) is 7.27. The van der Waals surface area contributed by atoms with E-state index in [4.69, 9.17) is 4.74 Å². The van der Waals surface area contributed by atoms with Gasteiger partial charge in [0.25, 0.3) is 10.0 Å². The summed E-state index contributed by atoms with van der Waals surface area (Å²) in [4.78, 5) is 22.8. The fraction of sp³-hybridized carbons (Fsp3) is 0.176. The third kappa shape index (κ3) is 4.20. The van der Waals surface area contributed by atoms with Gasteiger partial charge in [-0.15, -0.1) is 0 Å². The van der Waals surface area contributed by atoms with Crippen LogP contribution in [0, 0.1) is 0 Å². The van der Waals surface area contributed by atoms with Gasteiger partial charge in [0, 0.05) is 11.3 Å². The zero-order valence-corrected chi connectivity index (χ0v) is 14.1. The maximum Gasteiger partial charge on any atom is 0.338 e. The van der Waals surface area contributed by atoms with Gasteiger partial charge in [0.15, 0.2) is 5.78 Å². The number of sulfonamides is 1. The summed E-state index contributed by atoms with van der Waals surface area (Å²) in [5.41, 5.74) is 1.09. The lowest BCUT2D eigenvalue weighted by molar-refractivity contribution is 0.0526. The van der Waals surface area contributed by atoms with Crippen molar-refractivity contribution >= 4 is 27.5 Å². The van der Waals surface area contributed by atoms with Crippen LogP contribution in [-0.4, -0.2) is 26.8 Å². The Morgan fingerprint density at radius 3 is 2.00 bits per heavy atom. The highest BCUT2D eigenvalue weighted by Gasteiger charge is 2.15. The Morgan fingerprint density at radius 1 is 0.958 bits per heavy atom. The van der Waals surface area contributed by atoms with Crippen molar-refractivity contribution in [1.29, 1.82) is 0 Å². The molecule has 24 heavy (non-hydrogen) atoms. The standard InChI is InChI=1S/C17H17NO5S/c1-3-23-17(20)14-4-8-15(9-5-14)18-24(21,22)16-10-6-13(7-11-16)12(2)19/h4-11,18H,3H2,1-2H3. The molecule has 2 rings (SSSR count). The molecule has 0 amide bonds. The monoisotopic (exact) mass is 347 g/mol. The molecule has 126 valence electrons. The van der Waals surface area contributed by atoms with E-state index in [0.717, 1.165) is 0 Å². The van der Waals surface area contributed by atoms with Gasteiger partial charge in [-0.05, 0) is 50.2 Å². The lowest BCUT2D eigenvalue weighted by Gasteiger charge is -2.09. The van der Waals surface area contributed by atoms with E-state index in [0.29, 0.717) is 16.8 Å². The van der Waals surface area contributed by atoms with E-state index >= 15 is 0 Å². The molecule has 0 saturated heterocycles. The second-order valence-corrected chi connectivity index (χ2v) is 6.67. The number of anilines is 1. The highest BCUT2D eigenvalue weighted by Crippen LogP contribution is 2.18. The van der Waals surface area contributed by atoms with E-state index < -0.39 is 16.0 Å². The summed E-state index contributed by atoms with van der Waals surface area (Å²) in [6.07, 6.45) is 0. The van der Waals surface area contributed by atoms with Crippen molar-refractivity contribution in [3.05, 3.63) is 59.7 Å².